The van der Waals surface area contributed by atoms with Crippen LogP contribution in [0.15, 0.2) is 18.5 Å². The molecule has 0 aliphatic rings. The number of rotatable bonds is 7. The van der Waals surface area contributed by atoms with Crippen molar-refractivity contribution in [3.05, 3.63) is 24.3 Å². The Balaban J connectivity index is 1.72. The van der Waals surface area contributed by atoms with Gasteiger partial charge in [-0.25, -0.2) is 9.78 Å². The average molecular weight is 322 g/mol. The summed E-state index contributed by atoms with van der Waals surface area (Å²) in [5, 5.41) is 10.2. The SMILES string of the molecule is CC(C)Cc1nsc(NC(=O)NCC(C)Cn2cccn2)n1. The Morgan fingerprint density at radius 1 is 1.41 bits per heavy atom. The monoisotopic (exact) mass is 322 g/mol. The van der Waals surface area contributed by atoms with Crippen molar-refractivity contribution < 1.29 is 4.79 Å². The third-order valence-electron chi connectivity index (χ3n) is 2.95. The predicted octanol–water partition coefficient (Wildman–Crippen LogP) is 2.39. The van der Waals surface area contributed by atoms with Gasteiger partial charge in [-0.3, -0.25) is 10.00 Å². The van der Waals surface area contributed by atoms with E-state index in [0.29, 0.717) is 17.6 Å². The number of carbonyl (C=O) groups is 1. The quantitative estimate of drug-likeness (QED) is 0.819. The van der Waals surface area contributed by atoms with Gasteiger partial charge in [0.1, 0.15) is 5.82 Å². The van der Waals surface area contributed by atoms with Gasteiger partial charge in [-0.2, -0.15) is 9.47 Å². The standard InChI is InChI=1S/C14H22N6OS/c1-10(2)7-12-17-14(22-19-12)18-13(21)15-8-11(3)9-20-6-4-5-16-20/h4-6,10-11H,7-9H2,1-3H3,(H2,15,17,18,19,21). The van der Waals surface area contributed by atoms with E-state index < -0.39 is 0 Å². The second-order valence-corrected chi connectivity index (χ2v) is 6.53. The Hall–Kier alpha value is -1.96. The molecule has 0 spiro atoms. The highest BCUT2D eigenvalue weighted by Crippen LogP contribution is 2.13. The number of hydrogen-bond acceptors (Lipinski definition) is 5. The lowest BCUT2D eigenvalue weighted by molar-refractivity contribution is 0.249. The molecule has 0 aromatic carbocycles. The first-order valence-corrected chi connectivity index (χ1v) is 8.15. The van der Waals surface area contributed by atoms with Gasteiger partial charge in [-0.05, 0) is 17.9 Å². The Morgan fingerprint density at radius 3 is 2.91 bits per heavy atom. The van der Waals surface area contributed by atoms with Gasteiger partial charge in [-0.1, -0.05) is 20.8 Å². The lowest BCUT2D eigenvalue weighted by Crippen LogP contribution is -2.33. The summed E-state index contributed by atoms with van der Waals surface area (Å²) in [6.07, 6.45) is 4.48. The minimum atomic E-state index is -0.250. The summed E-state index contributed by atoms with van der Waals surface area (Å²) in [4.78, 5) is 16.1. The van der Waals surface area contributed by atoms with E-state index in [-0.39, 0.29) is 11.9 Å². The van der Waals surface area contributed by atoms with Crippen molar-refractivity contribution in [1.29, 1.82) is 0 Å². The van der Waals surface area contributed by atoms with Crippen molar-refractivity contribution in [2.24, 2.45) is 11.8 Å². The van der Waals surface area contributed by atoms with Crippen molar-refractivity contribution in [3.63, 3.8) is 0 Å². The van der Waals surface area contributed by atoms with E-state index >= 15 is 0 Å². The number of nitrogens with one attached hydrogen (secondary N) is 2. The zero-order chi connectivity index (χ0) is 15.9. The van der Waals surface area contributed by atoms with Crippen LogP contribution < -0.4 is 10.6 Å². The summed E-state index contributed by atoms with van der Waals surface area (Å²) in [5.41, 5.74) is 0. The molecule has 0 aliphatic carbocycles. The molecule has 1 atom stereocenters. The number of anilines is 1. The topological polar surface area (TPSA) is 84.7 Å². The van der Waals surface area contributed by atoms with Crippen LogP contribution in [0, 0.1) is 11.8 Å². The van der Waals surface area contributed by atoms with E-state index in [2.05, 4.69) is 45.9 Å². The number of aromatic nitrogens is 4. The molecular weight excluding hydrogens is 300 g/mol. The van der Waals surface area contributed by atoms with Crippen LogP contribution in [0.25, 0.3) is 0 Å². The third-order valence-corrected chi connectivity index (χ3v) is 3.62. The molecule has 2 amide bonds. The van der Waals surface area contributed by atoms with Gasteiger partial charge < -0.3 is 5.32 Å². The van der Waals surface area contributed by atoms with Gasteiger partial charge in [0.2, 0.25) is 5.13 Å². The van der Waals surface area contributed by atoms with Crippen LogP contribution in [0.3, 0.4) is 0 Å². The molecule has 2 N–H and O–H groups in total. The second-order valence-electron chi connectivity index (χ2n) is 5.78. The molecule has 2 aromatic heterocycles. The summed E-state index contributed by atoms with van der Waals surface area (Å²) < 4.78 is 6.09. The molecule has 0 bridgehead atoms. The maximum atomic E-state index is 11.8. The van der Waals surface area contributed by atoms with Crippen molar-refractivity contribution in [3.8, 4) is 0 Å². The maximum Gasteiger partial charge on any atom is 0.321 e. The molecule has 0 saturated heterocycles. The molecule has 120 valence electrons. The van der Waals surface area contributed by atoms with Crippen LogP contribution in [0.2, 0.25) is 0 Å². The smallest absolute Gasteiger partial charge is 0.321 e. The Labute approximate surface area is 134 Å². The summed E-state index contributed by atoms with van der Waals surface area (Å²) in [5.74, 6) is 1.57. The fourth-order valence-electron chi connectivity index (χ4n) is 1.95. The summed E-state index contributed by atoms with van der Waals surface area (Å²) >= 11 is 1.21. The van der Waals surface area contributed by atoms with Crippen molar-refractivity contribution in [1.82, 2.24) is 24.5 Å². The minimum absolute atomic E-state index is 0.250. The zero-order valence-electron chi connectivity index (χ0n) is 13.1. The maximum absolute atomic E-state index is 11.8. The molecule has 0 aliphatic heterocycles. The van der Waals surface area contributed by atoms with E-state index in [1.807, 2.05) is 16.9 Å². The molecule has 0 radical (unpaired) electrons. The number of carbonyl (C=O) groups excluding carboxylic acids is 1. The fraction of sp³-hybridized carbons (Fsp3) is 0.571. The summed E-state index contributed by atoms with van der Waals surface area (Å²) in [7, 11) is 0. The number of urea groups is 1. The Morgan fingerprint density at radius 2 is 2.23 bits per heavy atom. The van der Waals surface area contributed by atoms with E-state index in [1.165, 1.54) is 11.5 Å². The Bertz CT molecular complexity index is 580. The lowest BCUT2D eigenvalue weighted by atomic mass is 10.1. The van der Waals surface area contributed by atoms with Crippen LogP contribution in [-0.2, 0) is 13.0 Å². The van der Waals surface area contributed by atoms with E-state index in [4.69, 9.17) is 0 Å². The number of nitrogens with zero attached hydrogens (tertiary/aromatic N) is 4. The van der Waals surface area contributed by atoms with Gasteiger partial charge in [-0.15, -0.1) is 0 Å². The van der Waals surface area contributed by atoms with Crippen LogP contribution in [0.5, 0.6) is 0 Å². The van der Waals surface area contributed by atoms with Gasteiger partial charge in [0.25, 0.3) is 0 Å². The van der Waals surface area contributed by atoms with Gasteiger partial charge in [0.05, 0.1) is 0 Å². The van der Waals surface area contributed by atoms with Gasteiger partial charge in [0.15, 0.2) is 0 Å². The minimum Gasteiger partial charge on any atom is -0.337 e. The first-order chi connectivity index (χ1) is 10.5. The van der Waals surface area contributed by atoms with Gasteiger partial charge in [0, 0.05) is 43.4 Å². The number of amides is 2. The third kappa shape index (κ3) is 5.44. The van der Waals surface area contributed by atoms with E-state index in [1.54, 1.807) is 6.20 Å². The van der Waals surface area contributed by atoms with Crippen LogP contribution >= 0.6 is 11.5 Å². The molecule has 2 rings (SSSR count). The van der Waals surface area contributed by atoms with Crippen LogP contribution in [-0.4, -0.2) is 31.7 Å². The molecule has 2 heterocycles. The fourth-order valence-corrected chi connectivity index (χ4v) is 2.55. The van der Waals surface area contributed by atoms with Crippen LogP contribution in [0.4, 0.5) is 9.93 Å². The van der Waals surface area contributed by atoms with Gasteiger partial charge >= 0.3 is 6.03 Å². The molecule has 7 nitrogen and oxygen atoms in total. The summed E-state index contributed by atoms with van der Waals surface area (Å²) in [6, 6.07) is 1.64. The van der Waals surface area contributed by atoms with E-state index in [0.717, 1.165) is 18.8 Å². The molecule has 1 unspecified atom stereocenters. The molecule has 8 heteroatoms. The Kier molecular flexibility index (Phi) is 5.88. The highest BCUT2D eigenvalue weighted by molar-refractivity contribution is 7.09. The average Bonchev–Trinajstić information content (AvgIpc) is 3.08. The summed E-state index contributed by atoms with van der Waals surface area (Å²) in [6.45, 7) is 7.63. The molecule has 0 fully saturated rings. The largest absolute Gasteiger partial charge is 0.337 e. The highest BCUT2D eigenvalue weighted by Gasteiger charge is 2.10. The van der Waals surface area contributed by atoms with Crippen molar-refractivity contribution in [2.45, 2.75) is 33.7 Å². The molecule has 2 aromatic rings. The zero-order valence-corrected chi connectivity index (χ0v) is 13.9. The molecule has 0 saturated carbocycles. The van der Waals surface area contributed by atoms with Crippen molar-refractivity contribution in [2.75, 3.05) is 11.9 Å². The molecular formula is C14H22N6OS. The van der Waals surface area contributed by atoms with Crippen LogP contribution in [0.1, 0.15) is 26.6 Å². The van der Waals surface area contributed by atoms with Crippen molar-refractivity contribution >= 4 is 22.7 Å². The molecule has 22 heavy (non-hydrogen) atoms. The highest BCUT2D eigenvalue weighted by atomic mass is 32.1. The predicted molar refractivity (Wildman–Crippen MR) is 86.9 cm³/mol. The lowest BCUT2D eigenvalue weighted by Gasteiger charge is -2.12. The number of hydrogen-bond donors (Lipinski definition) is 2. The normalized spacial score (nSPS) is 12.4. The first-order valence-electron chi connectivity index (χ1n) is 7.37. The second kappa shape index (κ2) is 7.88. The van der Waals surface area contributed by atoms with E-state index in [9.17, 15) is 4.79 Å². The first kappa shape index (κ1) is 16.4.